The maximum atomic E-state index is 12.5. The summed E-state index contributed by atoms with van der Waals surface area (Å²) in [5, 5.41) is 14.8. The number of nitrogens with zero attached hydrogens (tertiary/aromatic N) is 2. The summed E-state index contributed by atoms with van der Waals surface area (Å²) in [6, 6.07) is 3.81. The molecule has 1 aromatic rings. The molecule has 2 heterocycles. The number of nitrogens with one attached hydrogen (secondary N) is 1. The van der Waals surface area contributed by atoms with Gasteiger partial charge in [-0.25, -0.2) is 0 Å². The topological polar surface area (TPSA) is 110 Å². The second kappa shape index (κ2) is 7.03. The molecule has 7 nitrogen and oxygen atoms in total. The number of rotatable bonds is 5. The van der Waals surface area contributed by atoms with Crippen molar-refractivity contribution in [3.05, 3.63) is 30.1 Å². The SMILES string of the molecule is NC(=NO)C1(C(=O)NCCc2cccnc2)CCOCC1. The first-order valence-corrected chi connectivity index (χ1v) is 6.92. The molecule has 1 aliphatic heterocycles. The van der Waals surface area contributed by atoms with Crippen LogP contribution in [-0.2, 0) is 16.0 Å². The highest BCUT2D eigenvalue weighted by atomic mass is 16.5. The zero-order valence-corrected chi connectivity index (χ0v) is 11.8. The molecule has 2 rings (SSSR count). The molecule has 1 fully saturated rings. The average molecular weight is 292 g/mol. The Morgan fingerprint density at radius 1 is 1.52 bits per heavy atom. The fourth-order valence-corrected chi connectivity index (χ4v) is 2.45. The van der Waals surface area contributed by atoms with Crippen molar-refractivity contribution in [1.82, 2.24) is 10.3 Å². The Labute approximate surface area is 123 Å². The smallest absolute Gasteiger partial charge is 0.234 e. The molecule has 0 aromatic carbocycles. The van der Waals surface area contributed by atoms with Gasteiger partial charge in [-0.05, 0) is 30.9 Å². The molecule has 0 atom stereocenters. The van der Waals surface area contributed by atoms with Gasteiger partial charge in [-0.2, -0.15) is 0 Å². The molecule has 1 aromatic heterocycles. The Hall–Kier alpha value is -2.15. The normalized spacial score (nSPS) is 18.2. The molecule has 1 saturated heterocycles. The van der Waals surface area contributed by atoms with Crippen LogP contribution in [0, 0.1) is 5.41 Å². The van der Waals surface area contributed by atoms with Crippen molar-refractivity contribution in [2.75, 3.05) is 19.8 Å². The van der Waals surface area contributed by atoms with E-state index in [1.165, 1.54) is 0 Å². The Morgan fingerprint density at radius 2 is 2.29 bits per heavy atom. The number of amidine groups is 1. The maximum absolute atomic E-state index is 12.5. The second-order valence-corrected chi connectivity index (χ2v) is 5.05. The minimum Gasteiger partial charge on any atom is -0.409 e. The highest BCUT2D eigenvalue weighted by Crippen LogP contribution is 2.31. The zero-order valence-electron chi connectivity index (χ0n) is 11.8. The van der Waals surface area contributed by atoms with E-state index in [1.807, 2.05) is 12.1 Å². The van der Waals surface area contributed by atoms with Crippen molar-refractivity contribution < 1.29 is 14.7 Å². The van der Waals surface area contributed by atoms with Gasteiger partial charge in [0.2, 0.25) is 5.91 Å². The van der Waals surface area contributed by atoms with Gasteiger partial charge in [0.1, 0.15) is 5.41 Å². The van der Waals surface area contributed by atoms with Crippen LogP contribution >= 0.6 is 0 Å². The molecule has 0 aliphatic carbocycles. The van der Waals surface area contributed by atoms with Crippen LogP contribution in [0.4, 0.5) is 0 Å². The molecule has 4 N–H and O–H groups in total. The third kappa shape index (κ3) is 3.49. The van der Waals surface area contributed by atoms with E-state index >= 15 is 0 Å². The van der Waals surface area contributed by atoms with Gasteiger partial charge in [-0.1, -0.05) is 11.2 Å². The van der Waals surface area contributed by atoms with E-state index in [9.17, 15) is 4.79 Å². The number of carbonyl (C=O) groups is 1. The number of hydrogen-bond acceptors (Lipinski definition) is 5. The van der Waals surface area contributed by atoms with Crippen LogP contribution < -0.4 is 11.1 Å². The molecule has 7 heteroatoms. The van der Waals surface area contributed by atoms with E-state index in [-0.39, 0.29) is 11.7 Å². The predicted molar refractivity (Wildman–Crippen MR) is 76.8 cm³/mol. The molecule has 0 unspecified atom stereocenters. The van der Waals surface area contributed by atoms with E-state index in [1.54, 1.807) is 12.4 Å². The van der Waals surface area contributed by atoms with Crippen LogP contribution in [0.3, 0.4) is 0 Å². The quantitative estimate of drug-likeness (QED) is 0.312. The minimum atomic E-state index is -0.970. The summed E-state index contributed by atoms with van der Waals surface area (Å²) in [6.07, 6.45) is 4.99. The van der Waals surface area contributed by atoms with E-state index in [0.29, 0.717) is 39.0 Å². The summed E-state index contributed by atoms with van der Waals surface area (Å²) < 4.78 is 5.26. The number of hydrogen-bond donors (Lipinski definition) is 3. The number of ether oxygens (including phenoxy) is 1. The molecule has 0 saturated carbocycles. The lowest BCUT2D eigenvalue weighted by atomic mass is 9.78. The lowest BCUT2D eigenvalue weighted by Crippen LogP contribution is -2.53. The van der Waals surface area contributed by atoms with Crippen molar-refractivity contribution in [2.45, 2.75) is 19.3 Å². The molecule has 114 valence electrons. The van der Waals surface area contributed by atoms with Gasteiger partial charge in [0.05, 0.1) is 0 Å². The standard InChI is InChI=1S/C14H20N4O3/c15-12(18-20)14(4-8-21-9-5-14)13(19)17-7-3-11-2-1-6-16-10-11/h1-2,6,10,20H,3-5,7-9H2,(H2,15,18)(H,17,19). The van der Waals surface area contributed by atoms with E-state index in [0.717, 1.165) is 5.56 Å². The van der Waals surface area contributed by atoms with Crippen LogP contribution in [0.2, 0.25) is 0 Å². The summed E-state index contributed by atoms with van der Waals surface area (Å²) in [5.74, 6) is -0.269. The van der Waals surface area contributed by atoms with Crippen molar-refractivity contribution >= 4 is 11.7 Å². The summed E-state index contributed by atoms with van der Waals surface area (Å²) in [4.78, 5) is 16.5. The second-order valence-electron chi connectivity index (χ2n) is 5.05. The fourth-order valence-electron chi connectivity index (χ4n) is 2.45. The number of pyridine rings is 1. The number of aromatic nitrogens is 1. The van der Waals surface area contributed by atoms with Gasteiger partial charge in [0, 0.05) is 32.2 Å². The van der Waals surface area contributed by atoms with Crippen molar-refractivity contribution in [1.29, 1.82) is 0 Å². The third-order valence-corrected chi connectivity index (χ3v) is 3.80. The van der Waals surface area contributed by atoms with Crippen molar-refractivity contribution in [3.8, 4) is 0 Å². The third-order valence-electron chi connectivity index (χ3n) is 3.80. The zero-order chi connectivity index (χ0) is 15.1. The van der Waals surface area contributed by atoms with Crippen LogP contribution in [0.5, 0.6) is 0 Å². The molecular weight excluding hydrogens is 272 g/mol. The number of carbonyl (C=O) groups excluding carboxylic acids is 1. The molecule has 1 aliphatic rings. The average Bonchev–Trinajstić information content (AvgIpc) is 2.55. The highest BCUT2D eigenvalue weighted by Gasteiger charge is 2.44. The van der Waals surface area contributed by atoms with Gasteiger partial charge < -0.3 is 21.0 Å². The summed E-state index contributed by atoms with van der Waals surface area (Å²) in [7, 11) is 0. The van der Waals surface area contributed by atoms with Gasteiger partial charge in [0.25, 0.3) is 0 Å². The van der Waals surface area contributed by atoms with Gasteiger partial charge >= 0.3 is 0 Å². The van der Waals surface area contributed by atoms with Crippen molar-refractivity contribution in [3.63, 3.8) is 0 Å². The van der Waals surface area contributed by atoms with Crippen molar-refractivity contribution in [2.24, 2.45) is 16.3 Å². The number of oxime groups is 1. The maximum Gasteiger partial charge on any atom is 0.234 e. The molecule has 0 radical (unpaired) electrons. The highest BCUT2D eigenvalue weighted by molar-refractivity contribution is 6.06. The Balaban J connectivity index is 1.96. The fraction of sp³-hybridized carbons (Fsp3) is 0.500. The largest absolute Gasteiger partial charge is 0.409 e. The Morgan fingerprint density at radius 3 is 2.90 bits per heavy atom. The summed E-state index contributed by atoms with van der Waals surface area (Å²) >= 11 is 0. The monoisotopic (exact) mass is 292 g/mol. The minimum absolute atomic E-state index is 0.0512. The number of nitrogens with two attached hydrogens (primary N) is 1. The molecular formula is C14H20N4O3. The first kappa shape index (κ1) is 15.2. The van der Waals surface area contributed by atoms with E-state index in [4.69, 9.17) is 15.7 Å². The lowest BCUT2D eigenvalue weighted by molar-refractivity contribution is -0.131. The van der Waals surface area contributed by atoms with Crippen LogP contribution in [-0.4, -0.2) is 41.7 Å². The van der Waals surface area contributed by atoms with E-state index < -0.39 is 5.41 Å². The Kier molecular flexibility index (Phi) is 5.10. The van der Waals surface area contributed by atoms with Gasteiger partial charge in [-0.3, -0.25) is 9.78 Å². The number of amides is 1. The molecule has 0 bridgehead atoms. The molecule has 1 amide bonds. The van der Waals surface area contributed by atoms with E-state index in [2.05, 4.69) is 15.5 Å². The van der Waals surface area contributed by atoms with Crippen LogP contribution in [0.15, 0.2) is 29.7 Å². The van der Waals surface area contributed by atoms with Gasteiger partial charge in [0.15, 0.2) is 5.84 Å². The lowest BCUT2D eigenvalue weighted by Gasteiger charge is -2.34. The Bertz CT molecular complexity index is 498. The molecule has 0 spiro atoms. The molecule has 21 heavy (non-hydrogen) atoms. The van der Waals surface area contributed by atoms with Gasteiger partial charge in [-0.15, -0.1) is 0 Å². The first-order chi connectivity index (χ1) is 10.2. The van der Waals surface area contributed by atoms with Crippen LogP contribution in [0.25, 0.3) is 0 Å². The first-order valence-electron chi connectivity index (χ1n) is 6.92. The summed E-state index contributed by atoms with van der Waals surface area (Å²) in [6.45, 7) is 1.32. The predicted octanol–water partition coefficient (Wildman–Crippen LogP) is 0.284. The summed E-state index contributed by atoms with van der Waals surface area (Å²) in [5.41, 5.74) is 5.81. The van der Waals surface area contributed by atoms with Crippen LogP contribution in [0.1, 0.15) is 18.4 Å².